The van der Waals surface area contributed by atoms with Gasteiger partial charge in [0.05, 0.1) is 40.5 Å². The molecule has 0 aliphatic carbocycles. The number of urea groups is 1. The maximum absolute atomic E-state index is 12.4. The Morgan fingerprint density at radius 1 is 1.11 bits per heavy atom. The van der Waals surface area contributed by atoms with E-state index in [-0.39, 0.29) is 12.2 Å². The molecule has 0 radical (unpaired) electrons. The number of hydrogen-bond acceptors (Lipinski definition) is 9. The maximum Gasteiger partial charge on any atom is 0.337 e. The lowest BCUT2D eigenvalue weighted by molar-refractivity contribution is -0.136. The summed E-state index contributed by atoms with van der Waals surface area (Å²) < 4.78 is 23.9. The van der Waals surface area contributed by atoms with Crippen LogP contribution in [0.2, 0.25) is 5.02 Å². The van der Waals surface area contributed by atoms with E-state index < -0.39 is 24.3 Å². The molecule has 0 saturated carbocycles. The summed E-state index contributed by atoms with van der Waals surface area (Å²) in [7, 11) is 1.27. The summed E-state index contributed by atoms with van der Waals surface area (Å²) >= 11 is 13.1. The molecule has 45 heavy (non-hydrogen) atoms. The molecule has 14 heteroatoms. The predicted molar refractivity (Wildman–Crippen MR) is 177 cm³/mol. The van der Waals surface area contributed by atoms with Crippen LogP contribution < -0.4 is 30.3 Å². The number of ether oxygens (including phenoxy) is 4. The molecule has 0 bridgehead atoms. The molecule has 0 saturated heterocycles. The van der Waals surface area contributed by atoms with Crippen molar-refractivity contribution >= 4 is 61.7 Å². The average Bonchev–Trinajstić information content (AvgIpc) is 2.99. The van der Waals surface area contributed by atoms with Gasteiger partial charge in [-0.2, -0.15) is 5.10 Å². The van der Waals surface area contributed by atoms with Crippen molar-refractivity contribution in [3.63, 3.8) is 0 Å². The van der Waals surface area contributed by atoms with Gasteiger partial charge in [-0.25, -0.2) is 9.59 Å². The van der Waals surface area contributed by atoms with E-state index in [1.807, 2.05) is 37.3 Å². The van der Waals surface area contributed by atoms with Crippen LogP contribution in [0.25, 0.3) is 0 Å². The van der Waals surface area contributed by atoms with Gasteiger partial charge in [0.15, 0.2) is 17.7 Å². The number of aliphatic hydroxyl groups excluding tert-OH is 1. The van der Waals surface area contributed by atoms with Crippen molar-refractivity contribution in [2.45, 2.75) is 32.7 Å². The summed E-state index contributed by atoms with van der Waals surface area (Å²) in [6, 6.07) is 14.9. The van der Waals surface area contributed by atoms with E-state index in [4.69, 9.17) is 30.5 Å². The van der Waals surface area contributed by atoms with Crippen LogP contribution in [0.5, 0.6) is 17.2 Å². The molecule has 0 unspecified atom stereocenters. The van der Waals surface area contributed by atoms with Crippen LogP contribution in [0.4, 0.5) is 4.79 Å². The lowest BCUT2D eigenvalue weighted by Crippen LogP contribution is -2.45. The Balaban J connectivity index is 1.37. The number of carbonyl (C=O) groups excluding carboxylic acids is 2. The number of amides is 2. The number of methoxy groups -OCH3 is 1. The molecule has 2 amide bonds. The van der Waals surface area contributed by atoms with Gasteiger partial charge in [-0.05, 0) is 98.8 Å². The van der Waals surface area contributed by atoms with Gasteiger partial charge in [-0.15, -0.1) is 0 Å². The summed E-state index contributed by atoms with van der Waals surface area (Å²) in [6.07, 6.45) is 0.393. The van der Waals surface area contributed by atoms with Crippen molar-refractivity contribution in [2.24, 2.45) is 5.10 Å². The molecule has 3 aromatic rings. The first-order valence-corrected chi connectivity index (χ1v) is 15.6. The van der Waals surface area contributed by atoms with Crippen molar-refractivity contribution in [2.75, 3.05) is 20.3 Å². The molecule has 4 N–H and O–H groups in total. The third-order valence-electron chi connectivity index (χ3n) is 6.40. The summed E-state index contributed by atoms with van der Waals surface area (Å²) in [4.78, 5) is 24.6. The van der Waals surface area contributed by atoms with Crippen LogP contribution in [0.15, 0.2) is 79.9 Å². The summed E-state index contributed by atoms with van der Waals surface area (Å²) in [5, 5.41) is 20.5. The number of benzene rings is 3. The van der Waals surface area contributed by atoms with Gasteiger partial charge in [-0.3, -0.25) is 5.43 Å². The quantitative estimate of drug-likeness (QED) is 0.0724. The molecule has 0 fully saturated rings. The second kappa shape index (κ2) is 16.0. The van der Waals surface area contributed by atoms with E-state index in [2.05, 4.69) is 53.0 Å². The number of rotatable bonds is 13. The van der Waals surface area contributed by atoms with Crippen molar-refractivity contribution in [1.29, 1.82) is 0 Å². The first-order valence-electron chi connectivity index (χ1n) is 13.7. The zero-order valence-electron chi connectivity index (χ0n) is 24.5. The highest BCUT2D eigenvalue weighted by atomic mass is 79.9. The minimum Gasteiger partial charge on any atom is -0.490 e. The Kier molecular flexibility index (Phi) is 12.1. The van der Waals surface area contributed by atoms with Crippen LogP contribution in [-0.2, 0) is 16.1 Å². The van der Waals surface area contributed by atoms with Crippen LogP contribution in [0.1, 0.15) is 36.6 Å². The first kappa shape index (κ1) is 34.1. The number of allylic oxidation sites excluding steroid dienone is 1. The van der Waals surface area contributed by atoms with Crippen molar-refractivity contribution in [3.05, 3.63) is 96.5 Å². The highest BCUT2D eigenvalue weighted by Crippen LogP contribution is 2.36. The molecule has 0 spiro atoms. The van der Waals surface area contributed by atoms with Gasteiger partial charge < -0.3 is 34.7 Å². The molecule has 0 aromatic heterocycles. The van der Waals surface area contributed by atoms with Gasteiger partial charge in [0, 0.05) is 10.7 Å². The fourth-order valence-corrected chi connectivity index (χ4v) is 6.06. The van der Waals surface area contributed by atoms with Crippen LogP contribution >= 0.6 is 43.5 Å². The zero-order chi connectivity index (χ0) is 32.5. The molecule has 1 aliphatic rings. The van der Waals surface area contributed by atoms with Gasteiger partial charge in [0.1, 0.15) is 19.0 Å². The SMILES string of the molecule is CCOc1cc([C@@H]2NC(=O)NC(C)=C2C(=O)OC)ccc1OC[C@@H](O)N/N=C/c1cc(Br)c(OCc2cccc(Cl)c2)c(Br)c1. The molecular weight excluding hydrogens is 736 g/mol. The van der Waals surface area contributed by atoms with E-state index in [0.717, 1.165) is 11.1 Å². The molecule has 238 valence electrons. The van der Waals surface area contributed by atoms with Crippen molar-refractivity contribution < 1.29 is 33.6 Å². The largest absolute Gasteiger partial charge is 0.490 e. The fourth-order valence-electron chi connectivity index (χ4n) is 4.39. The van der Waals surface area contributed by atoms with Crippen LogP contribution in [0.3, 0.4) is 0 Å². The van der Waals surface area contributed by atoms with E-state index in [1.54, 1.807) is 37.4 Å². The molecule has 1 aliphatic heterocycles. The Hall–Kier alpha value is -3.78. The number of aliphatic hydroxyl groups is 1. The summed E-state index contributed by atoms with van der Waals surface area (Å²) in [5.74, 6) is 0.774. The lowest BCUT2D eigenvalue weighted by Gasteiger charge is -2.28. The number of carbonyl (C=O) groups is 2. The minimum atomic E-state index is -1.15. The van der Waals surface area contributed by atoms with Crippen LogP contribution in [-0.4, -0.2) is 49.9 Å². The third kappa shape index (κ3) is 9.13. The average molecular weight is 767 g/mol. The lowest BCUT2D eigenvalue weighted by atomic mass is 9.95. The second-order valence-corrected chi connectivity index (χ2v) is 11.8. The number of hydrazone groups is 1. The third-order valence-corrected chi connectivity index (χ3v) is 7.82. The number of hydrogen-bond donors (Lipinski definition) is 4. The van der Waals surface area contributed by atoms with Gasteiger partial charge in [0.25, 0.3) is 0 Å². The monoisotopic (exact) mass is 764 g/mol. The van der Waals surface area contributed by atoms with E-state index in [9.17, 15) is 14.7 Å². The highest BCUT2D eigenvalue weighted by Gasteiger charge is 2.32. The predicted octanol–water partition coefficient (Wildman–Crippen LogP) is 5.96. The van der Waals surface area contributed by atoms with Gasteiger partial charge in [-0.1, -0.05) is 29.8 Å². The van der Waals surface area contributed by atoms with E-state index in [0.29, 0.717) is 55.7 Å². The molecular formula is C31H31Br2ClN4O7. The van der Waals surface area contributed by atoms with Gasteiger partial charge in [0.2, 0.25) is 0 Å². The first-order chi connectivity index (χ1) is 21.6. The summed E-state index contributed by atoms with van der Waals surface area (Å²) in [6.45, 7) is 3.95. The molecule has 4 rings (SSSR count). The van der Waals surface area contributed by atoms with E-state index >= 15 is 0 Å². The summed E-state index contributed by atoms with van der Waals surface area (Å²) in [5.41, 5.74) is 5.54. The Bertz CT molecular complexity index is 1600. The Morgan fingerprint density at radius 3 is 2.56 bits per heavy atom. The fraction of sp³-hybridized carbons (Fsp3) is 0.258. The second-order valence-electron chi connectivity index (χ2n) is 9.65. The Labute approximate surface area is 282 Å². The maximum atomic E-state index is 12.4. The molecule has 2 atom stereocenters. The molecule has 11 nitrogen and oxygen atoms in total. The van der Waals surface area contributed by atoms with Crippen LogP contribution in [0, 0.1) is 0 Å². The molecule has 1 heterocycles. The topological polar surface area (TPSA) is 140 Å². The number of nitrogens with one attached hydrogen (secondary N) is 3. The van der Waals surface area contributed by atoms with E-state index in [1.165, 1.54) is 7.11 Å². The molecule has 3 aromatic carbocycles. The number of halogens is 3. The van der Waals surface area contributed by atoms with Crippen molar-refractivity contribution in [3.8, 4) is 17.2 Å². The highest BCUT2D eigenvalue weighted by molar-refractivity contribution is 9.11. The van der Waals surface area contributed by atoms with Gasteiger partial charge >= 0.3 is 12.0 Å². The van der Waals surface area contributed by atoms with Crippen molar-refractivity contribution in [1.82, 2.24) is 16.1 Å². The minimum absolute atomic E-state index is 0.156. The normalized spacial score (nSPS) is 15.3. The number of esters is 1. The number of nitrogens with zero attached hydrogens (tertiary/aromatic N) is 1. The zero-order valence-corrected chi connectivity index (χ0v) is 28.5. The smallest absolute Gasteiger partial charge is 0.337 e. The standard InChI is InChI=1S/C31H31Br2ClN4O7/c1-4-43-25-13-20(28-27(30(40)42-3)17(2)36-31(41)37-28)8-9-24(25)44-16-26(39)38-35-14-19-11-22(32)29(23(33)12-19)45-15-18-6-5-7-21(34)10-18/h5-14,26,28,38-39H,4,15-16H2,1-3H3,(H2,36,37,41)/b35-14+/t26-,28+/m1/s1. The Morgan fingerprint density at radius 2 is 1.87 bits per heavy atom.